The maximum atomic E-state index is 12.9. The number of piperidine rings is 1. The number of carbonyl (C=O) groups excluding carboxylic acids is 1. The zero-order valence-corrected chi connectivity index (χ0v) is 15.8. The molecule has 2 fully saturated rings. The lowest BCUT2D eigenvalue weighted by Crippen LogP contribution is -2.43. The Morgan fingerprint density at radius 3 is 2.52 bits per heavy atom. The molecule has 27 heavy (non-hydrogen) atoms. The minimum Gasteiger partial charge on any atom is -0.341 e. The van der Waals surface area contributed by atoms with Crippen molar-refractivity contribution in [3.8, 4) is 11.3 Å². The monoisotopic (exact) mass is 366 g/mol. The smallest absolute Gasteiger partial charge is 0.255 e. The molecular weight excluding hydrogens is 340 g/mol. The van der Waals surface area contributed by atoms with Crippen molar-refractivity contribution in [3.05, 3.63) is 40.9 Å². The van der Waals surface area contributed by atoms with E-state index in [-0.39, 0.29) is 17.4 Å². The van der Waals surface area contributed by atoms with Crippen LogP contribution in [0, 0.1) is 11.8 Å². The quantitative estimate of drug-likeness (QED) is 0.832. The first-order chi connectivity index (χ1) is 13.1. The second-order valence-corrected chi connectivity index (χ2v) is 7.74. The number of anilines is 1. The minimum atomic E-state index is -0.0870. The maximum absolute atomic E-state index is 12.9. The molecule has 0 aromatic carbocycles. The first-order valence-electron chi connectivity index (χ1n) is 9.90. The van der Waals surface area contributed by atoms with Crippen LogP contribution in [0.2, 0.25) is 0 Å². The van der Waals surface area contributed by atoms with E-state index in [1.54, 1.807) is 30.1 Å². The van der Waals surface area contributed by atoms with E-state index in [1.807, 2.05) is 12.1 Å². The number of hydrogen-bond donors (Lipinski definition) is 0. The molecule has 6 heteroatoms. The predicted octanol–water partition coefficient (Wildman–Crippen LogP) is 2.82. The molecule has 1 aliphatic heterocycles. The molecule has 2 aromatic heterocycles. The third-order valence-corrected chi connectivity index (χ3v) is 5.95. The van der Waals surface area contributed by atoms with Crippen molar-refractivity contribution < 1.29 is 4.79 Å². The Kier molecular flexibility index (Phi) is 5.05. The van der Waals surface area contributed by atoms with Gasteiger partial charge in [-0.3, -0.25) is 19.1 Å². The Balaban J connectivity index is 1.61. The van der Waals surface area contributed by atoms with Gasteiger partial charge < -0.3 is 4.90 Å². The Bertz CT molecular complexity index is 871. The van der Waals surface area contributed by atoms with Crippen LogP contribution in [0.5, 0.6) is 0 Å². The third-order valence-electron chi connectivity index (χ3n) is 5.95. The molecular formula is C21H26N4O2. The number of rotatable bonds is 4. The zero-order chi connectivity index (χ0) is 18.8. The SMILES string of the molecule is Cn1c(N2CCCC(C(=O)C3CCCC3)C2)nc(-c2ccncc2)cc1=O. The molecule has 1 aliphatic carbocycles. The molecule has 1 saturated heterocycles. The highest BCUT2D eigenvalue weighted by atomic mass is 16.1. The van der Waals surface area contributed by atoms with E-state index in [4.69, 9.17) is 4.98 Å². The van der Waals surface area contributed by atoms with Gasteiger partial charge in [0.15, 0.2) is 0 Å². The molecule has 2 aliphatic rings. The Labute approximate surface area is 159 Å². The van der Waals surface area contributed by atoms with Crippen LogP contribution in [-0.4, -0.2) is 33.4 Å². The highest BCUT2D eigenvalue weighted by Gasteiger charge is 2.33. The molecule has 1 saturated carbocycles. The lowest BCUT2D eigenvalue weighted by molar-refractivity contribution is -0.126. The van der Waals surface area contributed by atoms with Gasteiger partial charge in [0.2, 0.25) is 5.95 Å². The molecule has 142 valence electrons. The Hall–Kier alpha value is -2.50. The van der Waals surface area contributed by atoms with E-state index in [9.17, 15) is 9.59 Å². The molecule has 2 aromatic rings. The van der Waals surface area contributed by atoms with E-state index in [1.165, 1.54) is 12.8 Å². The van der Waals surface area contributed by atoms with Gasteiger partial charge in [0.05, 0.1) is 5.69 Å². The van der Waals surface area contributed by atoms with Gasteiger partial charge in [-0.15, -0.1) is 0 Å². The highest BCUT2D eigenvalue weighted by molar-refractivity contribution is 5.84. The Morgan fingerprint density at radius 1 is 1.07 bits per heavy atom. The predicted molar refractivity (Wildman–Crippen MR) is 105 cm³/mol. The number of aromatic nitrogens is 3. The molecule has 1 unspecified atom stereocenters. The summed E-state index contributed by atoms with van der Waals surface area (Å²) >= 11 is 0. The van der Waals surface area contributed by atoms with Crippen LogP contribution in [0.25, 0.3) is 11.3 Å². The fourth-order valence-electron chi connectivity index (χ4n) is 4.42. The highest BCUT2D eigenvalue weighted by Crippen LogP contribution is 2.31. The Morgan fingerprint density at radius 2 is 1.78 bits per heavy atom. The van der Waals surface area contributed by atoms with E-state index >= 15 is 0 Å². The number of carbonyl (C=O) groups is 1. The summed E-state index contributed by atoms with van der Waals surface area (Å²) in [6, 6.07) is 5.27. The number of nitrogens with zero attached hydrogens (tertiary/aromatic N) is 4. The molecule has 0 spiro atoms. The summed E-state index contributed by atoms with van der Waals surface area (Å²) in [5.41, 5.74) is 1.44. The second-order valence-electron chi connectivity index (χ2n) is 7.74. The standard InChI is InChI=1S/C21H26N4O2/c1-24-19(26)13-18(15-8-10-22-11-9-15)23-21(24)25-12-4-7-17(14-25)20(27)16-5-2-3-6-16/h8-11,13,16-17H,2-7,12,14H2,1H3. The summed E-state index contributed by atoms with van der Waals surface area (Å²) in [6.07, 6.45) is 9.75. The summed E-state index contributed by atoms with van der Waals surface area (Å²) in [5.74, 6) is 1.38. The van der Waals surface area contributed by atoms with Crippen molar-refractivity contribution in [1.82, 2.24) is 14.5 Å². The largest absolute Gasteiger partial charge is 0.341 e. The average Bonchev–Trinajstić information content (AvgIpc) is 3.25. The zero-order valence-electron chi connectivity index (χ0n) is 15.8. The molecule has 0 amide bonds. The summed E-state index contributed by atoms with van der Waals surface area (Å²) in [5, 5.41) is 0. The van der Waals surface area contributed by atoms with E-state index in [0.717, 1.165) is 37.8 Å². The summed E-state index contributed by atoms with van der Waals surface area (Å²) < 4.78 is 1.59. The number of Topliss-reactive ketones (excluding diaryl/α,β-unsaturated/α-hetero) is 1. The topological polar surface area (TPSA) is 68.1 Å². The number of ketones is 1. The van der Waals surface area contributed by atoms with E-state index in [2.05, 4.69) is 9.88 Å². The maximum Gasteiger partial charge on any atom is 0.255 e. The van der Waals surface area contributed by atoms with E-state index in [0.29, 0.717) is 24.0 Å². The van der Waals surface area contributed by atoms with Crippen LogP contribution in [0.15, 0.2) is 35.4 Å². The van der Waals surface area contributed by atoms with Crippen molar-refractivity contribution in [2.24, 2.45) is 18.9 Å². The van der Waals surface area contributed by atoms with E-state index < -0.39 is 0 Å². The van der Waals surface area contributed by atoms with Gasteiger partial charge in [-0.2, -0.15) is 0 Å². The van der Waals surface area contributed by atoms with Crippen LogP contribution in [0.1, 0.15) is 38.5 Å². The first-order valence-corrected chi connectivity index (χ1v) is 9.90. The van der Waals surface area contributed by atoms with Crippen LogP contribution in [-0.2, 0) is 11.8 Å². The molecule has 1 atom stereocenters. The van der Waals surface area contributed by atoms with Gasteiger partial charge in [-0.05, 0) is 37.8 Å². The summed E-state index contributed by atoms with van der Waals surface area (Å²) in [7, 11) is 1.75. The minimum absolute atomic E-state index is 0.0586. The van der Waals surface area contributed by atoms with Crippen molar-refractivity contribution in [2.45, 2.75) is 38.5 Å². The van der Waals surface area contributed by atoms with Gasteiger partial charge in [0.25, 0.3) is 5.56 Å². The second kappa shape index (κ2) is 7.62. The number of hydrogen-bond acceptors (Lipinski definition) is 5. The van der Waals surface area contributed by atoms with Crippen molar-refractivity contribution in [2.75, 3.05) is 18.0 Å². The fourth-order valence-corrected chi connectivity index (χ4v) is 4.42. The van der Waals surface area contributed by atoms with Crippen molar-refractivity contribution >= 4 is 11.7 Å². The lowest BCUT2D eigenvalue weighted by Gasteiger charge is -2.34. The third kappa shape index (κ3) is 3.66. The molecule has 0 N–H and O–H groups in total. The molecule has 4 rings (SSSR count). The number of pyridine rings is 1. The molecule has 3 heterocycles. The summed E-state index contributed by atoms with van der Waals surface area (Å²) in [6.45, 7) is 1.49. The molecule has 0 bridgehead atoms. The van der Waals surface area contributed by atoms with Crippen LogP contribution >= 0.6 is 0 Å². The molecule has 6 nitrogen and oxygen atoms in total. The van der Waals surface area contributed by atoms with Crippen LogP contribution in [0.3, 0.4) is 0 Å². The normalized spacial score (nSPS) is 20.8. The lowest BCUT2D eigenvalue weighted by atomic mass is 9.86. The van der Waals surface area contributed by atoms with Gasteiger partial charge in [-0.25, -0.2) is 4.98 Å². The van der Waals surface area contributed by atoms with Crippen molar-refractivity contribution in [3.63, 3.8) is 0 Å². The van der Waals surface area contributed by atoms with Crippen LogP contribution in [0.4, 0.5) is 5.95 Å². The molecule has 0 radical (unpaired) electrons. The first kappa shape index (κ1) is 17.9. The van der Waals surface area contributed by atoms with Gasteiger partial charge in [0.1, 0.15) is 5.78 Å². The average molecular weight is 366 g/mol. The van der Waals surface area contributed by atoms with Crippen LogP contribution < -0.4 is 10.5 Å². The van der Waals surface area contributed by atoms with Gasteiger partial charge >= 0.3 is 0 Å². The summed E-state index contributed by atoms with van der Waals surface area (Å²) in [4.78, 5) is 36.3. The van der Waals surface area contributed by atoms with Gasteiger partial charge in [0, 0.05) is 56.0 Å². The van der Waals surface area contributed by atoms with Crippen molar-refractivity contribution in [1.29, 1.82) is 0 Å². The van der Waals surface area contributed by atoms with Gasteiger partial charge in [-0.1, -0.05) is 12.8 Å². The fraction of sp³-hybridized carbons (Fsp3) is 0.524.